The molecular weight excluding hydrogens is 254 g/mol. The SMILES string of the molecule is CCCCCCC(O)c1ccc(Br)cn1. The number of aliphatic hydroxyl groups is 1. The standard InChI is InChI=1S/C12H18BrNO/c1-2-3-4-5-6-12(15)11-8-7-10(13)9-14-11/h7-9,12,15H,2-6H2,1H3. The van der Waals surface area contributed by atoms with Crippen molar-refractivity contribution >= 4 is 15.9 Å². The number of hydrogen-bond acceptors (Lipinski definition) is 2. The second-order valence-electron chi connectivity index (χ2n) is 3.77. The minimum Gasteiger partial charge on any atom is -0.387 e. The van der Waals surface area contributed by atoms with Gasteiger partial charge in [0.25, 0.3) is 0 Å². The van der Waals surface area contributed by atoms with Crippen molar-refractivity contribution in [1.29, 1.82) is 0 Å². The Morgan fingerprint density at radius 1 is 1.33 bits per heavy atom. The molecule has 0 radical (unpaired) electrons. The van der Waals surface area contributed by atoms with Gasteiger partial charge in [-0.15, -0.1) is 0 Å². The number of aromatic nitrogens is 1. The Balaban J connectivity index is 2.33. The van der Waals surface area contributed by atoms with E-state index in [1.807, 2.05) is 12.1 Å². The molecule has 0 aromatic carbocycles. The lowest BCUT2D eigenvalue weighted by Crippen LogP contribution is -1.99. The van der Waals surface area contributed by atoms with Gasteiger partial charge in [0.2, 0.25) is 0 Å². The molecule has 1 unspecified atom stereocenters. The van der Waals surface area contributed by atoms with Crippen molar-refractivity contribution in [3.8, 4) is 0 Å². The van der Waals surface area contributed by atoms with E-state index >= 15 is 0 Å². The van der Waals surface area contributed by atoms with Gasteiger partial charge < -0.3 is 5.11 Å². The molecule has 3 heteroatoms. The fourth-order valence-electron chi connectivity index (χ4n) is 1.50. The van der Waals surface area contributed by atoms with E-state index in [9.17, 15) is 5.11 Å². The fraction of sp³-hybridized carbons (Fsp3) is 0.583. The lowest BCUT2D eigenvalue weighted by Gasteiger charge is -2.09. The van der Waals surface area contributed by atoms with Gasteiger partial charge in [0.05, 0.1) is 11.8 Å². The quantitative estimate of drug-likeness (QED) is 0.798. The minimum absolute atomic E-state index is 0.407. The number of nitrogens with zero attached hydrogens (tertiary/aromatic N) is 1. The van der Waals surface area contributed by atoms with E-state index in [1.54, 1.807) is 6.20 Å². The number of aliphatic hydroxyl groups excluding tert-OH is 1. The predicted octanol–water partition coefficient (Wildman–Crippen LogP) is 3.85. The average molecular weight is 272 g/mol. The van der Waals surface area contributed by atoms with Crippen LogP contribution >= 0.6 is 15.9 Å². The van der Waals surface area contributed by atoms with E-state index in [0.717, 1.165) is 23.0 Å². The van der Waals surface area contributed by atoms with Crippen molar-refractivity contribution in [2.45, 2.75) is 45.1 Å². The van der Waals surface area contributed by atoms with Crippen molar-refractivity contribution in [3.05, 3.63) is 28.5 Å². The maximum Gasteiger partial charge on any atom is 0.0959 e. The van der Waals surface area contributed by atoms with Gasteiger partial charge in [-0.05, 0) is 34.5 Å². The highest BCUT2D eigenvalue weighted by atomic mass is 79.9. The van der Waals surface area contributed by atoms with Gasteiger partial charge in [-0.2, -0.15) is 0 Å². The largest absolute Gasteiger partial charge is 0.387 e. The summed E-state index contributed by atoms with van der Waals surface area (Å²) in [4.78, 5) is 4.18. The Bertz CT molecular complexity index is 273. The molecular formula is C12H18BrNO. The number of unbranched alkanes of at least 4 members (excludes halogenated alkanes) is 3. The third kappa shape index (κ3) is 4.76. The molecule has 1 atom stereocenters. The maximum atomic E-state index is 9.83. The van der Waals surface area contributed by atoms with Crippen molar-refractivity contribution in [2.24, 2.45) is 0 Å². The molecule has 0 saturated carbocycles. The molecule has 0 amide bonds. The molecule has 2 nitrogen and oxygen atoms in total. The molecule has 0 aliphatic heterocycles. The number of hydrogen-bond donors (Lipinski definition) is 1. The van der Waals surface area contributed by atoms with Crippen LogP contribution in [-0.4, -0.2) is 10.1 Å². The molecule has 1 N–H and O–H groups in total. The van der Waals surface area contributed by atoms with Crippen LogP contribution in [0.25, 0.3) is 0 Å². The van der Waals surface area contributed by atoms with E-state index in [-0.39, 0.29) is 0 Å². The number of halogens is 1. The molecule has 0 spiro atoms. The van der Waals surface area contributed by atoms with Crippen LogP contribution in [0.5, 0.6) is 0 Å². The van der Waals surface area contributed by atoms with Gasteiger partial charge in [-0.3, -0.25) is 4.98 Å². The van der Waals surface area contributed by atoms with Gasteiger partial charge in [0.15, 0.2) is 0 Å². The maximum absolute atomic E-state index is 9.83. The Hall–Kier alpha value is -0.410. The summed E-state index contributed by atoms with van der Waals surface area (Å²) in [5.74, 6) is 0. The third-order valence-electron chi connectivity index (χ3n) is 2.42. The first-order valence-electron chi connectivity index (χ1n) is 5.53. The summed E-state index contributed by atoms with van der Waals surface area (Å²) in [6, 6.07) is 3.78. The van der Waals surface area contributed by atoms with E-state index in [1.165, 1.54) is 19.3 Å². The molecule has 1 aromatic rings. The molecule has 0 bridgehead atoms. The van der Waals surface area contributed by atoms with Crippen molar-refractivity contribution in [2.75, 3.05) is 0 Å². The molecule has 0 aliphatic carbocycles. The van der Waals surface area contributed by atoms with E-state index in [0.29, 0.717) is 0 Å². The Kier molecular flexibility index (Phi) is 5.88. The van der Waals surface area contributed by atoms with Gasteiger partial charge in [0, 0.05) is 10.7 Å². The van der Waals surface area contributed by atoms with E-state index < -0.39 is 6.10 Å². The number of pyridine rings is 1. The lowest BCUT2D eigenvalue weighted by atomic mass is 10.1. The Morgan fingerprint density at radius 3 is 2.73 bits per heavy atom. The van der Waals surface area contributed by atoms with Crippen LogP contribution in [0.1, 0.15) is 50.8 Å². The zero-order valence-electron chi connectivity index (χ0n) is 9.12. The first kappa shape index (κ1) is 12.7. The van der Waals surface area contributed by atoms with Gasteiger partial charge in [-0.1, -0.05) is 32.6 Å². The van der Waals surface area contributed by atoms with E-state index in [2.05, 4.69) is 27.8 Å². The van der Waals surface area contributed by atoms with Crippen molar-refractivity contribution in [1.82, 2.24) is 4.98 Å². The van der Waals surface area contributed by atoms with Crippen LogP contribution in [-0.2, 0) is 0 Å². The fourth-order valence-corrected chi connectivity index (χ4v) is 1.73. The summed E-state index contributed by atoms with van der Waals surface area (Å²) in [5, 5.41) is 9.83. The first-order valence-corrected chi connectivity index (χ1v) is 6.33. The molecule has 15 heavy (non-hydrogen) atoms. The molecule has 1 aromatic heterocycles. The zero-order valence-corrected chi connectivity index (χ0v) is 10.7. The highest BCUT2D eigenvalue weighted by Crippen LogP contribution is 2.19. The summed E-state index contributed by atoms with van der Waals surface area (Å²) in [7, 11) is 0. The normalized spacial score (nSPS) is 12.7. The average Bonchev–Trinajstić information content (AvgIpc) is 2.25. The van der Waals surface area contributed by atoms with Crippen LogP contribution in [0.15, 0.2) is 22.8 Å². The topological polar surface area (TPSA) is 33.1 Å². The highest BCUT2D eigenvalue weighted by molar-refractivity contribution is 9.10. The van der Waals surface area contributed by atoms with Crippen molar-refractivity contribution < 1.29 is 5.11 Å². The third-order valence-corrected chi connectivity index (χ3v) is 2.89. The van der Waals surface area contributed by atoms with Crippen LogP contribution in [0, 0.1) is 0 Å². The molecule has 0 aliphatic rings. The smallest absolute Gasteiger partial charge is 0.0959 e. The van der Waals surface area contributed by atoms with Crippen LogP contribution in [0.4, 0.5) is 0 Å². The summed E-state index contributed by atoms with van der Waals surface area (Å²) in [6.07, 6.45) is 6.89. The Morgan fingerprint density at radius 2 is 2.13 bits per heavy atom. The van der Waals surface area contributed by atoms with Crippen LogP contribution in [0.3, 0.4) is 0 Å². The summed E-state index contributed by atoms with van der Waals surface area (Å²) >= 11 is 3.32. The van der Waals surface area contributed by atoms with Crippen molar-refractivity contribution in [3.63, 3.8) is 0 Å². The summed E-state index contributed by atoms with van der Waals surface area (Å²) in [6.45, 7) is 2.19. The summed E-state index contributed by atoms with van der Waals surface area (Å²) < 4.78 is 0.949. The molecule has 1 rings (SSSR count). The van der Waals surface area contributed by atoms with Crippen LogP contribution < -0.4 is 0 Å². The van der Waals surface area contributed by atoms with Crippen LogP contribution in [0.2, 0.25) is 0 Å². The minimum atomic E-state index is -0.407. The van der Waals surface area contributed by atoms with E-state index in [4.69, 9.17) is 0 Å². The van der Waals surface area contributed by atoms with Gasteiger partial charge >= 0.3 is 0 Å². The molecule has 1 heterocycles. The molecule has 84 valence electrons. The second kappa shape index (κ2) is 6.96. The second-order valence-corrected chi connectivity index (χ2v) is 4.68. The molecule has 0 fully saturated rings. The predicted molar refractivity (Wildman–Crippen MR) is 65.7 cm³/mol. The van der Waals surface area contributed by atoms with Gasteiger partial charge in [0.1, 0.15) is 0 Å². The monoisotopic (exact) mass is 271 g/mol. The lowest BCUT2D eigenvalue weighted by molar-refractivity contribution is 0.158. The number of rotatable bonds is 6. The molecule has 0 saturated heterocycles. The zero-order chi connectivity index (χ0) is 11.1. The highest BCUT2D eigenvalue weighted by Gasteiger charge is 2.07. The first-order chi connectivity index (χ1) is 7.24. The van der Waals surface area contributed by atoms with Gasteiger partial charge in [-0.25, -0.2) is 0 Å². The Labute approximate surface area is 99.9 Å². The summed E-state index contributed by atoms with van der Waals surface area (Å²) in [5.41, 5.74) is 0.773.